The standard InChI is InChI=1S/C21H25N3O3/c1-23-17-9-11-24(12-10-17)21(26)16-6-4-5-15(13-16)14-27-19-8-3-2-7-18(19)20(22)25/h2-8,13,17,23H,9-12,14H2,1H3,(H2,22,25). The highest BCUT2D eigenvalue weighted by molar-refractivity contribution is 5.95. The molecule has 6 heteroatoms. The first-order chi connectivity index (χ1) is 13.1. The molecule has 0 saturated carbocycles. The molecular weight excluding hydrogens is 342 g/mol. The van der Waals surface area contributed by atoms with Crippen molar-refractivity contribution in [2.24, 2.45) is 5.73 Å². The number of hydrogen-bond donors (Lipinski definition) is 2. The zero-order valence-electron chi connectivity index (χ0n) is 15.5. The van der Waals surface area contributed by atoms with Gasteiger partial charge in [0.1, 0.15) is 12.4 Å². The average Bonchev–Trinajstić information content (AvgIpc) is 2.72. The van der Waals surface area contributed by atoms with Crippen LogP contribution in [0.2, 0.25) is 0 Å². The number of nitrogens with two attached hydrogens (primary N) is 1. The number of para-hydroxylation sites is 1. The van der Waals surface area contributed by atoms with Gasteiger partial charge in [-0.1, -0.05) is 24.3 Å². The molecule has 27 heavy (non-hydrogen) atoms. The number of primary amides is 1. The maximum absolute atomic E-state index is 12.8. The van der Waals surface area contributed by atoms with Crippen LogP contribution in [-0.2, 0) is 6.61 Å². The zero-order valence-corrected chi connectivity index (χ0v) is 15.5. The molecule has 2 amide bonds. The minimum Gasteiger partial charge on any atom is -0.488 e. The summed E-state index contributed by atoms with van der Waals surface area (Å²) < 4.78 is 5.76. The van der Waals surface area contributed by atoms with Crippen LogP contribution in [0.3, 0.4) is 0 Å². The fourth-order valence-corrected chi connectivity index (χ4v) is 3.31. The maximum atomic E-state index is 12.8. The van der Waals surface area contributed by atoms with Gasteiger partial charge in [0.25, 0.3) is 11.8 Å². The van der Waals surface area contributed by atoms with Crippen LogP contribution < -0.4 is 15.8 Å². The summed E-state index contributed by atoms with van der Waals surface area (Å²) in [5, 5.41) is 3.27. The summed E-state index contributed by atoms with van der Waals surface area (Å²) in [6.45, 7) is 1.78. The van der Waals surface area contributed by atoms with Gasteiger partial charge in [-0.15, -0.1) is 0 Å². The number of amides is 2. The lowest BCUT2D eigenvalue weighted by molar-refractivity contribution is 0.0707. The SMILES string of the molecule is CNC1CCN(C(=O)c2cccc(COc3ccccc3C(N)=O)c2)CC1. The summed E-state index contributed by atoms with van der Waals surface area (Å²) >= 11 is 0. The smallest absolute Gasteiger partial charge is 0.253 e. The van der Waals surface area contributed by atoms with E-state index in [9.17, 15) is 9.59 Å². The van der Waals surface area contributed by atoms with Gasteiger partial charge < -0.3 is 20.7 Å². The van der Waals surface area contributed by atoms with Crippen molar-refractivity contribution in [3.63, 3.8) is 0 Å². The highest BCUT2D eigenvalue weighted by Gasteiger charge is 2.22. The lowest BCUT2D eigenvalue weighted by Crippen LogP contribution is -2.43. The number of likely N-dealkylation sites (tertiary alicyclic amines) is 1. The molecule has 1 fully saturated rings. The van der Waals surface area contributed by atoms with Crippen LogP contribution >= 0.6 is 0 Å². The maximum Gasteiger partial charge on any atom is 0.253 e. The monoisotopic (exact) mass is 367 g/mol. The van der Waals surface area contributed by atoms with Crippen molar-refractivity contribution in [1.29, 1.82) is 0 Å². The van der Waals surface area contributed by atoms with Crippen LogP contribution in [0.25, 0.3) is 0 Å². The Kier molecular flexibility index (Phi) is 6.08. The molecule has 0 aromatic heterocycles. The predicted octanol–water partition coefficient (Wildman–Crippen LogP) is 2.19. The first-order valence-electron chi connectivity index (χ1n) is 9.15. The Hall–Kier alpha value is -2.86. The van der Waals surface area contributed by atoms with E-state index in [0.29, 0.717) is 22.9 Å². The van der Waals surface area contributed by atoms with Crippen molar-refractivity contribution in [2.75, 3.05) is 20.1 Å². The third-order valence-electron chi connectivity index (χ3n) is 4.91. The number of nitrogens with one attached hydrogen (secondary N) is 1. The molecule has 2 aromatic rings. The predicted molar refractivity (Wildman–Crippen MR) is 104 cm³/mol. The highest BCUT2D eigenvalue weighted by atomic mass is 16.5. The Morgan fingerprint density at radius 3 is 2.59 bits per heavy atom. The van der Waals surface area contributed by atoms with Crippen LogP contribution in [0, 0.1) is 0 Å². The van der Waals surface area contributed by atoms with Gasteiger partial charge in [0, 0.05) is 24.7 Å². The summed E-state index contributed by atoms with van der Waals surface area (Å²) in [5.74, 6) is -0.0423. The third-order valence-corrected chi connectivity index (χ3v) is 4.91. The lowest BCUT2D eigenvalue weighted by Gasteiger charge is -2.32. The van der Waals surface area contributed by atoms with Gasteiger partial charge in [0.2, 0.25) is 0 Å². The summed E-state index contributed by atoms with van der Waals surface area (Å²) in [6, 6.07) is 14.8. The number of benzene rings is 2. The Balaban J connectivity index is 1.66. The molecule has 1 heterocycles. The molecule has 142 valence electrons. The minimum absolute atomic E-state index is 0.0453. The molecule has 6 nitrogen and oxygen atoms in total. The van der Waals surface area contributed by atoms with Gasteiger partial charge in [0.15, 0.2) is 0 Å². The lowest BCUT2D eigenvalue weighted by atomic mass is 10.0. The highest BCUT2D eigenvalue weighted by Crippen LogP contribution is 2.20. The van der Waals surface area contributed by atoms with Crippen LogP contribution in [0.5, 0.6) is 5.75 Å². The van der Waals surface area contributed by atoms with E-state index in [2.05, 4.69) is 5.32 Å². The molecule has 1 saturated heterocycles. The van der Waals surface area contributed by atoms with Crippen LogP contribution in [0.4, 0.5) is 0 Å². The Morgan fingerprint density at radius 2 is 1.89 bits per heavy atom. The van der Waals surface area contributed by atoms with E-state index in [1.165, 1.54) is 0 Å². The van der Waals surface area contributed by atoms with Crippen LogP contribution in [-0.4, -0.2) is 42.9 Å². The van der Waals surface area contributed by atoms with E-state index < -0.39 is 5.91 Å². The van der Waals surface area contributed by atoms with Crippen molar-refractivity contribution in [1.82, 2.24) is 10.2 Å². The third kappa shape index (κ3) is 4.65. The van der Waals surface area contributed by atoms with Gasteiger partial charge >= 0.3 is 0 Å². The molecule has 0 radical (unpaired) electrons. The van der Waals surface area contributed by atoms with Gasteiger partial charge in [-0.05, 0) is 49.7 Å². The van der Waals surface area contributed by atoms with Crippen molar-refractivity contribution in [2.45, 2.75) is 25.5 Å². The number of ether oxygens (including phenoxy) is 1. The second-order valence-corrected chi connectivity index (χ2v) is 6.70. The Bertz CT molecular complexity index is 814. The van der Waals surface area contributed by atoms with Gasteiger partial charge in [-0.2, -0.15) is 0 Å². The molecule has 2 aromatic carbocycles. The Morgan fingerprint density at radius 1 is 1.15 bits per heavy atom. The summed E-state index contributed by atoms with van der Waals surface area (Å²) in [5.41, 5.74) is 7.24. The molecule has 1 aliphatic rings. The minimum atomic E-state index is -0.528. The first-order valence-corrected chi connectivity index (χ1v) is 9.15. The molecule has 0 atom stereocenters. The second-order valence-electron chi connectivity index (χ2n) is 6.70. The number of nitrogens with zero attached hydrogens (tertiary/aromatic N) is 1. The molecular formula is C21H25N3O3. The zero-order chi connectivity index (χ0) is 19.2. The fraction of sp³-hybridized carbons (Fsp3) is 0.333. The molecule has 3 rings (SSSR count). The average molecular weight is 367 g/mol. The van der Waals surface area contributed by atoms with Crippen LogP contribution in [0.15, 0.2) is 48.5 Å². The topological polar surface area (TPSA) is 84.7 Å². The van der Waals surface area contributed by atoms with E-state index >= 15 is 0 Å². The molecule has 0 spiro atoms. The number of rotatable bonds is 6. The van der Waals surface area contributed by atoms with Crippen LogP contribution in [0.1, 0.15) is 39.1 Å². The quantitative estimate of drug-likeness (QED) is 0.820. The van der Waals surface area contributed by atoms with E-state index in [0.717, 1.165) is 31.5 Å². The van der Waals surface area contributed by atoms with Gasteiger partial charge in [0.05, 0.1) is 5.56 Å². The van der Waals surface area contributed by atoms with E-state index in [1.807, 2.05) is 36.2 Å². The first kappa shape index (κ1) is 18.9. The van der Waals surface area contributed by atoms with Gasteiger partial charge in [-0.25, -0.2) is 0 Å². The summed E-state index contributed by atoms with van der Waals surface area (Å²) in [4.78, 5) is 26.2. The molecule has 0 unspecified atom stereocenters. The van der Waals surface area contributed by atoms with Crippen molar-refractivity contribution < 1.29 is 14.3 Å². The fourth-order valence-electron chi connectivity index (χ4n) is 3.31. The largest absolute Gasteiger partial charge is 0.488 e. The molecule has 1 aliphatic heterocycles. The van der Waals surface area contributed by atoms with Crippen molar-refractivity contribution >= 4 is 11.8 Å². The second kappa shape index (κ2) is 8.68. The number of piperidine rings is 1. The van der Waals surface area contributed by atoms with E-state index in [1.54, 1.807) is 24.3 Å². The van der Waals surface area contributed by atoms with Crippen molar-refractivity contribution in [3.8, 4) is 5.75 Å². The summed E-state index contributed by atoms with van der Waals surface area (Å²) in [6.07, 6.45) is 1.93. The number of carbonyl (C=O) groups excluding carboxylic acids is 2. The molecule has 3 N–H and O–H groups in total. The molecule has 0 bridgehead atoms. The van der Waals surface area contributed by atoms with Gasteiger partial charge in [-0.3, -0.25) is 9.59 Å². The summed E-state index contributed by atoms with van der Waals surface area (Å²) in [7, 11) is 1.96. The van der Waals surface area contributed by atoms with E-state index in [4.69, 9.17) is 10.5 Å². The molecule has 0 aliphatic carbocycles. The Labute approximate surface area is 159 Å². The number of hydrogen-bond acceptors (Lipinski definition) is 4. The van der Waals surface area contributed by atoms with Crippen molar-refractivity contribution in [3.05, 3.63) is 65.2 Å². The normalized spacial score (nSPS) is 14.8. The number of carbonyl (C=O) groups is 2. The van der Waals surface area contributed by atoms with E-state index in [-0.39, 0.29) is 12.5 Å².